The Bertz CT molecular complexity index is 444. The average Bonchev–Trinajstić information content (AvgIpc) is 2.15. The summed E-state index contributed by atoms with van der Waals surface area (Å²) in [5.74, 6) is 0.874. The fourth-order valence-electron chi connectivity index (χ4n) is 1.22. The van der Waals surface area contributed by atoms with E-state index in [-0.39, 0.29) is 16.3 Å². The largest absolute Gasteiger partial charge is 0.364 e. The number of nitriles is 1. The van der Waals surface area contributed by atoms with Crippen LogP contribution in [0.1, 0.15) is 33.3 Å². The number of nitrogens with zero attached hydrogens (tertiary/aromatic N) is 3. The van der Waals surface area contributed by atoms with Crippen molar-refractivity contribution in [2.24, 2.45) is 0 Å². The minimum atomic E-state index is -0.202. The van der Waals surface area contributed by atoms with E-state index in [4.69, 9.17) is 16.9 Å². The van der Waals surface area contributed by atoms with Crippen LogP contribution in [0.25, 0.3) is 0 Å². The number of halogens is 1. The molecule has 17 heavy (non-hydrogen) atoms. The van der Waals surface area contributed by atoms with Gasteiger partial charge in [0.1, 0.15) is 11.6 Å². The van der Waals surface area contributed by atoms with E-state index in [0.717, 1.165) is 0 Å². The van der Waals surface area contributed by atoms with Gasteiger partial charge in [-0.3, -0.25) is 0 Å². The van der Waals surface area contributed by atoms with Crippen LogP contribution < -0.4 is 10.6 Å². The van der Waals surface area contributed by atoms with Gasteiger partial charge in [-0.1, -0.05) is 11.6 Å². The number of nitrogens with one attached hydrogen (secondary N) is 2. The van der Waals surface area contributed by atoms with Gasteiger partial charge < -0.3 is 10.6 Å². The van der Waals surface area contributed by atoms with Gasteiger partial charge in [-0.2, -0.15) is 15.2 Å². The minimum absolute atomic E-state index is 0.158. The van der Waals surface area contributed by atoms with Crippen LogP contribution in [-0.4, -0.2) is 22.1 Å². The van der Waals surface area contributed by atoms with Crippen molar-refractivity contribution in [3.05, 3.63) is 10.7 Å². The van der Waals surface area contributed by atoms with Crippen molar-refractivity contribution in [2.75, 3.05) is 17.2 Å². The van der Waals surface area contributed by atoms with Gasteiger partial charge in [0.2, 0.25) is 5.95 Å². The van der Waals surface area contributed by atoms with Crippen LogP contribution in [0, 0.1) is 11.3 Å². The van der Waals surface area contributed by atoms with E-state index >= 15 is 0 Å². The quantitative estimate of drug-likeness (QED) is 0.810. The highest BCUT2D eigenvalue weighted by Gasteiger charge is 2.17. The molecule has 0 aliphatic rings. The Hall–Kier alpha value is -1.54. The molecule has 0 saturated carbocycles. The van der Waals surface area contributed by atoms with Crippen molar-refractivity contribution in [2.45, 2.75) is 33.2 Å². The maximum atomic E-state index is 9.04. The van der Waals surface area contributed by atoms with Gasteiger partial charge in [-0.05, 0) is 27.7 Å². The molecule has 0 aliphatic heterocycles. The van der Waals surface area contributed by atoms with Gasteiger partial charge in [-0.15, -0.1) is 0 Å². The second-order valence-electron chi connectivity index (χ2n) is 4.58. The Balaban J connectivity index is 3.20. The summed E-state index contributed by atoms with van der Waals surface area (Å²) in [7, 11) is 0. The van der Waals surface area contributed by atoms with E-state index < -0.39 is 0 Å². The Morgan fingerprint density at radius 1 is 1.35 bits per heavy atom. The third-order valence-electron chi connectivity index (χ3n) is 1.80. The summed E-state index contributed by atoms with van der Waals surface area (Å²) in [5.41, 5.74) is 0.0653. The van der Waals surface area contributed by atoms with Crippen LogP contribution >= 0.6 is 11.6 Å². The van der Waals surface area contributed by atoms with Crippen LogP contribution in [0.5, 0.6) is 0 Å². The molecule has 1 heterocycles. The summed E-state index contributed by atoms with van der Waals surface area (Å²) in [6, 6.07) is 2.01. The normalized spacial score (nSPS) is 10.8. The molecule has 92 valence electrons. The van der Waals surface area contributed by atoms with Crippen LogP contribution in [0.2, 0.25) is 5.15 Å². The molecule has 1 rings (SSSR count). The summed E-state index contributed by atoms with van der Waals surface area (Å²) < 4.78 is 0. The zero-order valence-corrected chi connectivity index (χ0v) is 11.2. The molecule has 0 unspecified atom stereocenters. The smallest absolute Gasteiger partial charge is 0.226 e. The SMILES string of the molecule is CCNc1nc(Cl)c(C#N)c(NC(C)(C)C)n1. The fourth-order valence-corrected chi connectivity index (χ4v) is 1.43. The summed E-state index contributed by atoms with van der Waals surface area (Å²) in [4.78, 5) is 8.24. The first kappa shape index (κ1) is 13.5. The summed E-state index contributed by atoms with van der Waals surface area (Å²) in [6.07, 6.45) is 0. The molecule has 2 N–H and O–H groups in total. The summed E-state index contributed by atoms with van der Waals surface area (Å²) in [6.45, 7) is 8.58. The van der Waals surface area contributed by atoms with E-state index in [0.29, 0.717) is 18.3 Å². The van der Waals surface area contributed by atoms with E-state index in [1.165, 1.54) is 0 Å². The first-order valence-corrected chi connectivity index (χ1v) is 5.75. The molecule has 5 nitrogen and oxygen atoms in total. The highest BCUT2D eigenvalue weighted by Crippen LogP contribution is 2.24. The molecule has 1 aromatic heterocycles. The fraction of sp³-hybridized carbons (Fsp3) is 0.545. The molecule has 0 radical (unpaired) electrons. The van der Waals surface area contributed by atoms with Crippen LogP contribution in [0.3, 0.4) is 0 Å². The minimum Gasteiger partial charge on any atom is -0.364 e. The molecule has 0 saturated heterocycles. The lowest BCUT2D eigenvalue weighted by Gasteiger charge is -2.22. The first-order valence-electron chi connectivity index (χ1n) is 5.37. The van der Waals surface area contributed by atoms with Crippen LogP contribution in [0.4, 0.5) is 11.8 Å². The number of rotatable bonds is 3. The van der Waals surface area contributed by atoms with Gasteiger partial charge in [0.25, 0.3) is 0 Å². The van der Waals surface area contributed by atoms with Gasteiger partial charge >= 0.3 is 0 Å². The lowest BCUT2D eigenvalue weighted by molar-refractivity contribution is 0.630. The van der Waals surface area contributed by atoms with Crippen molar-refractivity contribution >= 4 is 23.4 Å². The second kappa shape index (κ2) is 5.19. The summed E-state index contributed by atoms with van der Waals surface area (Å²) in [5, 5.41) is 15.3. The van der Waals surface area contributed by atoms with Crippen molar-refractivity contribution < 1.29 is 0 Å². The third-order valence-corrected chi connectivity index (χ3v) is 2.08. The molecule has 0 amide bonds. The second-order valence-corrected chi connectivity index (χ2v) is 4.94. The average molecular weight is 254 g/mol. The van der Waals surface area contributed by atoms with Crippen molar-refractivity contribution in [3.8, 4) is 6.07 Å². The first-order chi connectivity index (χ1) is 7.87. The third kappa shape index (κ3) is 3.75. The lowest BCUT2D eigenvalue weighted by atomic mass is 10.1. The van der Waals surface area contributed by atoms with Crippen molar-refractivity contribution in [1.82, 2.24) is 9.97 Å². The molecule has 6 heteroatoms. The highest BCUT2D eigenvalue weighted by molar-refractivity contribution is 6.31. The van der Waals surface area contributed by atoms with Gasteiger partial charge in [0, 0.05) is 12.1 Å². The Labute approximate surface area is 106 Å². The topological polar surface area (TPSA) is 73.6 Å². The van der Waals surface area contributed by atoms with Crippen LogP contribution in [0.15, 0.2) is 0 Å². The lowest BCUT2D eigenvalue weighted by Crippen LogP contribution is -2.27. The molecule has 0 aliphatic carbocycles. The van der Waals surface area contributed by atoms with E-state index in [9.17, 15) is 0 Å². The van der Waals surface area contributed by atoms with Crippen molar-refractivity contribution in [1.29, 1.82) is 5.26 Å². The molecular formula is C11H16ClN5. The predicted octanol–water partition coefficient (Wildman–Crippen LogP) is 2.64. The molecule has 1 aromatic rings. The molecule has 0 bridgehead atoms. The van der Waals surface area contributed by atoms with Gasteiger partial charge in [0.05, 0.1) is 0 Å². The number of hydrogen-bond acceptors (Lipinski definition) is 5. The monoisotopic (exact) mass is 253 g/mol. The molecule has 0 fully saturated rings. The maximum Gasteiger partial charge on any atom is 0.226 e. The molecule has 0 spiro atoms. The molecular weight excluding hydrogens is 238 g/mol. The van der Waals surface area contributed by atoms with Gasteiger partial charge in [-0.25, -0.2) is 0 Å². The van der Waals surface area contributed by atoms with Gasteiger partial charge in [0.15, 0.2) is 11.0 Å². The van der Waals surface area contributed by atoms with Crippen LogP contribution in [-0.2, 0) is 0 Å². The Morgan fingerprint density at radius 2 is 2.00 bits per heavy atom. The standard InChI is InChI=1S/C11H16ClN5/c1-5-14-10-15-8(12)7(6-13)9(16-10)17-11(2,3)4/h5H2,1-4H3,(H2,14,15,16,17). The number of anilines is 2. The Morgan fingerprint density at radius 3 is 2.47 bits per heavy atom. The van der Waals surface area contributed by atoms with E-state index in [2.05, 4.69) is 20.6 Å². The van der Waals surface area contributed by atoms with E-state index in [1.807, 2.05) is 33.8 Å². The van der Waals surface area contributed by atoms with Crippen molar-refractivity contribution in [3.63, 3.8) is 0 Å². The molecule has 0 atom stereocenters. The zero-order chi connectivity index (χ0) is 13.1. The maximum absolute atomic E-state index is 9.04. The highest BCUT2D eigenvalue weighted by atomic mass is 35.5. The Kier molecular flexibility index (Phi) is 4.13. The number of aromatic nitrogens is 2. The number of hydrogen-bond donors (Lipinski definition) is 2. The molecule has 0 aromatic carbocycles. The zero-order valence-electron chi connectivity index (χ0n) is 10.4. The predicted molar refractivity (Wildman–Crippen MR) is 69.3 cm³/mol. The summed E-state index contributed by atoms with van der Waals surface area (Å²) >= 11 is 5.95. The van der Waals surface area contributed by atoms with E-state index in [1.54, 1.807) is 0 Å².